The first kappa shape index (κ1) is 17.4. The number of benzene rings is 1. The Balaban J connectivity index is 1.85. The number of halogens is 1. The summed E-state index contributed by atoms with van der Waals surface area (Å²) in [7, 11) is 0. The normalized spacial score (nSPS) is 10.8. The van der Waals surface area contributed by atoms with Gasteiger partial charge in [0.2, 0.25) is 0 Å². The molecule has 0 aliphatic heterocycles. The lowest BCUT2D eigenvalue weighted by Gasteiger charge is -2.22. The third kappa shape index (κ3) is 4.34. The van der Waals surface area contributed by atoms with Crippen LogP contribution in [0.2, 0.25) is 5.02 Å². The molecule has 0 atom stereocenters. The maximum Gasteiger partial charge on any atom is 0.272 e. The average molecular weight is 354 g/mol. The Morgan fingerprint density at radius 1 is 1.16 bits per heavy atom. The monoisotopic (exact) mass is 353 g/mol. The van der Waals surface area contributed by atoms with Crippen LogP contribution < -0.4 is 0 Å². The van der Waals surface area contributed by atoms with Crippen molar-refractivity contribution in [2.24, 2.45) is 0 Å². The highest BCUT2D eigenvalue weighted by Gasteiger charge is 2.17. The number of carbonyl (C=O) groups excluding carboxylic acids is 1. The highest BCUT2D eigenvalue weighted by Crippen LogP contribution is 2.20. The molecule has 0 aliphatic carbocycles. The molecule has 0 N–H and O–H groups in total. The number of fused-ring (bicyclic) bond motifs is 1. The number of pyridine rings is 2. The first-order valence-corrected chi connectivity index (χ1v) is 8.79. The van der Waals surface area contributed by atoms with Crippen LogP contribution in [-0.2, 0) is 6.54 Å². The van der Waals surface area contributed by atoms with Gasteiger partial charge in [0.25, 0.3) is 5.91 Å². The smallest absolute Gasteiger partial charge is 0.272 e. The summed E-state index contributed by atoms with van der Waals surface area (Å²) in [5.41, 5.74) is 2.34. The van der Waals surface area contributed by atoms with Crippen molar-refractivity contribution in [2.75, 3.05) is 6.54 Å². The first-order valence-electron chi connectivity index (χ1n) is 8.42. The second kappa shape index (κ2) is 8.08. The first-order chi connectivity index (χ1) is 12.2. The molecule has 0 unspecified atom stereocenters. The number of nitrogens with zero attached hydrogens (tertiary/aromatic N) is 3. The van der Waals surface area contributed by atoms with Gasteiger partial charge in [0.1, 0.15) is 5.69 Å². The summed E-state index contributed by atoms with van der Waals surface area (Å²) in [5, 5.41) is 1.66. The summed E-state index contributed by atoms with van der Waals surface area (Å²) < 4.78 is 0. The SMILES string of the molecule is CCCCN(Cc1cnc2ccc(Cl)cc2c1)C(=O)c1ccccn1. The number of carbonyl (C=O) groups is 1. The Kier molecular flexibility index (Phi) is 5.61. The van der Waals surface area contributed by atoms with Crippen LogP contribution in [0.25, 0.3) is 10.9 Å². The van der Waals surface area contributed by atoms with Crippen molar-refractivity contribution >= 4 is 28.4 Å². The van der Waals surface area contributed by atoms with E-state index >= 15 is 0 Å². The molecule has 4 nitrogen and oxygen atoms in total. The maximum atomic E-state index is 12.8. The molecular formula is C20H20ClN3O. The van der Waals surface area contributed by atoms with E-state index in [9.17, 15) is 4.79 Å². The molecule has 2 aromatic heterocycles. The number of hydrogen-bond donors (Lipinski definition) is 0. The molecular weight excluding hydrogens is 334 g/mol. The summed E-state index contributed by atoms with van der Waals surface area (Å²) in [5.74, 6) is -0.0553. The minimum atomic E-state index is -0.0553. The van der Waals surface area contributed by atoms with E-state index < -0.39 is 0 Å². The zero-order valence-electron chi connectivity index (χ0n) is 14.2. The van der Waals surface area contributed by atoms with E-state index in [4.69, 9.17) is 11.6 Å². The zero-order valence-corrected chi connectivity index (χ0v) is 14.9. The van der Waals surface area contributed by atoms with E-state index in [-0.39, 0.29) is 5.91 Å². The van der Waals surface area contributed by atoms with Gasteiger partial charge in [-0.1, -0.05) is 31.0 Å². The molecule has 0 saturated heterocycles. The Hall–Kier alpha value is -2.46. The molecule has 128 valence electrons. The number of amides is 1. The van der Waals surface area contributed by atoms with Gasteiger partial charge in [-0.25, -0.2) is 0 Å². The topological polar surface area (TPSA) is 46.1 Å². The van der Waals surface area contributed by atoms with Gasteiger partial charge in [0, 0.05) is 35.9 Å². The molecule has 3 aromatic rings. The van der Waals surface area contributed by atoms with Gasteiger partial charge in [-0.05, 0) is 48.4 Å². The predicted molar refractivity (Wildman–Crippen MR) is 101 cm³/mol. The standard InChI is InChI=1S/C20H20ClN3O/c1-2-3-10-24(20(25)19-6-4-5-9-22-19)14-15-11-16-12-17(21)7-8-18(16)23-13-15/h4-9,11-13H,2-3,10,14H2,1H3. The van der Waals surface area contributed by atoms with E-state index in [0.29, 0.717) is 23.8 Å². The van der Waals surface area contributed by atoms with Crippen LogP contribution in [0, 0.1) is 0 Å². The number of hydrogen-bond acceptors (Lipinski definition) is 3. The summed E-state index contributed by atoms with van der Waals surface area (Å²) >= 11 is 6.08. The molecule has 0 radical (unpaired) electrons. The molecule has 5 heteroatoms. The second-order valence-corrected chi connectivity index (χ2v) is 6.41. The largest absolute Gasteiger partial charge is 0.333 e. The van der Waals surface area contributed by atoms with Gasteiger partial charge in [-0.15, -0.1) is 0 Å². The molecule has 1 aromatic carbocycles. The summed E-state index contributed by atoms with van der Waals surface area (Å²) in [4.78, 5) is 23.3. The predicted octanol–water partition coefficient (Wildman–Crippen LogP) is 4.73. The molecule has 0 fully saturated rings. The van der Waals surface area contributed by atoms with Gasteiger partial charge in [0.05, 0.1) is 5.52 Å². The zero-order chi connectivity index (χ0) is 17.6. The second-order valence-electron chi connectivity index (χ2n) is 5.98. The lowest BCUT2D eigenvalue weighted by Crippen LogP contribution is -2.32. The molecule has 0 aliphatic rings. The highest BCUT2D eigenvalue weighted by molar-refractivity contribution is 6.31. The third-order valence-corrected chi connectivity index (χ3v) is 4.26. The molecule has 0 saturated carbocycles. The third-order valence-electron chi connectivity index (χ3n) is 4.03. The quantitative estimate of drug-likeness (QED) is 0.643. The molecule has 0 bridgehead atoms. The maximum absolute atomic E-state index is 12.8. The van der Waals surface area contributed by atoms with Crippen molar-refractivity contribution in [3.05, 3.63) is 71.1 Å². The van der Waals surface area contributed by atoms with Crippen LogP contribution in [0.4, 0.5) is 0 Å². The van der Waals surface area contributed by atoms with Crippen molar-refractivity contribution in [3.8, 4) is 0 Å². The van der Waals surface area contributed by atoms with Crippen LogP contribution in [0.15, 0.2) is 54.9 Å². The van der Waals surface area contributed by atoms with Crippen LogP contribution in [0.1, 0.15) is 35.8 Å². The van der Waals surface area contributed by atoms with E-state index in [0.717, 1.165) is 29.3 Å². The van der Waals surface area contributed by atoms with Crippen molar-refractivity contribution in [1.82, 2.24) is 14.9 Å². The average Bonchev–Trinajstić information content (AvgIpc) is 2.65. The van der Waals surface area contributed by atoms with Crippen molar-refractivity contribution in [3.63, 3.8) is 0 Å². The fourth-order valence-electron chi connectivity index (χ4n) is 2.71. The van der Waals surface area contributed by atoms with Gasteiger partial charge in [-0.2, -0.15) is 0 Å². The molecule has 25 heavy (non-hydrogen) atoms. The van der Waals surface area contributed by atoms with Crippen molar-refractivity contribution in [2.45, 2.75) is 26.3 Å². The summed E-state index contributed by atoms with van der Waals surface area (Å²) in [6, 6.07) is 13.1. The van der Waals surface area contributed by atoms with E-state index in [1.54, 1.807) is 12.3 Å². The van der Waals surface area contributed by atoms with E-state index in [1.807, 2.05) is 47.5 Å². The molecule has 2 heterocycles. The minimum absolute atomic E-state index is 0.0553. The molecule has 3 rings (SSSR count). The Morgan fingerprint density at radius 2 is 2.04 bits per heavy atom. The summed E-state index contributed by atoms with van der Waals surface area (Å²) in [6.45, 7) is 3.31. The van der Waals surface area contributed by atoms with Gasteiger partial charge in [0.15, 0.2) is 0 Å². The molecule has 0 spiro atoms. The van der Waals surface area contributed by atoms with Gasteiger partial charge in [-0.3, -0.25) is 14.8 Å². The number of aromatic nitrogens is 2. The fraction of sp³-hybridized carbons (Fsp3) is 0.250. The Labute approximate surface area is 152 Å². The van der Waals surface area contributed by atoms with Crippen molar-refractivity contribution in [1.29, 1.82) is 0 Å². The van der Waals surface area contributed by atoms with Crippen LogP contribution in [0.3, 0.4) is 0 Å². The number of unbranched alkanes of at least 4 members (excludes halogenated alkanes) is 1. The summed E-state index contributed by atoms with van der Waals surface area (Å²) in [6.07, 6.45) is 5.44. The van der Waals surface area contributed by atoms with Gasteiger partial charge < -0.3 is 4.90 Å². The van der Waals surface area contributed by atoms with Crippen LogP contribution in [-0.4, -0.2) is 27.3 Å². The Morgan fingerprint density at radius 3 is 2.80 bits per heavy atom. The minimum Gasteiger partial charge on any atom is -0.333 e. The number of rotatable bonds is 6. The van der Waals surface area contributed by atoms with Crippen molar-refractivity contribution < 1.29 is 4.79 Å². The lowest BCUT2D eigenvalue weighted by atomic mass is 10.1. The van der Waals surface area contributed by atoms with E-state index in [2.05, 4.69) is 16.9 Å². The van der Waals surface area contributed by atoms with Gasteiger partial charge >= 0.3 is 0 Å². The van der Waals surface area contributed by atoms with Crippen LogP contribution in [0.5, 0.6) is 0 Å². The van der Waals surface area contributed by atoms with E-state index in [1.165, 1.54) is 0 Å². The fourth-order valence-corrected chi connectivity index (χ4v) is 2.89. The molecule has 1 amide bonds. The lowest BCUT2D eigenvalue weighted by molar-refractivity contribution is 0.0735. The Bertz CT molecular complexity index is 867. The van der Waals surface area contributed by atoms with Crippen LogP contribution >= 0.6 is 11.6 Å². The highest BCUT2D eigenvalue weighted by atomic mass is 35.5.